The van der Waals surface area contributed by atoms with Gasteiger partial charge >= 0.3 is 6.36 Å². The van der Waals surface area contributed by atoms with E-state index in [0.29, 0.717) is 5.57 Å². The van der Waals surface area contributed by atoms with Crippen LogP contribution in [0.1, 0.15) is 29.2 Å². The minimum absolute atomic E-state index is 0.0542. The molecule has 0 aromatic heterocycles. The zero-order valence-electron chi connectivity index (χ0n) is 15.9. The van der Waals surface area contributed by atoms with E-state index in [2.05, 4.69) is 19.3 Å². The molecular formula is C22H5F3N6O. The van der Waals surface area contributed by atoms with Gasteiger partial charge < -0.3 is 4.74 Å². The first-order chi connectivity index (χ1) is 15.2. The molecule has 150 valence electrons. The van der Waals surface area contributed by atoms with Crippen molar-refractivity contribution in [1.29, 1.82) is 15.8 Å². The van der Waals surface area contributed by atoms with Crippen molar-refractivity contribution in [3.63, 3.8) is 0 Å². The Hall–Kier alpha value is -5.29. The molecule has 0 amide bonds. The third kappa shape index (κ3) is 3.03. The lowest BCUT2D eigenvalue weighted by Crippen LogP contribution is -2.13. The molecule has 0 atom stereocenters. The summed E-state index contributed by atoms with van der Waals surface area (Å²) in [5.41, 5.74) is -1.37. The largest absolute Gasteiger partial charge is 0.573 e. The second kappa shape index (κ2) is 7.51. The van der Waals surface area contributed by atoms with Crippen LogP contribution in [0.15, 0.2) is 34.9 Å². The van der Waals surface area contributed by atoms with Crippen molar-refractivity contribution in [1.82, 2.24) is 0 Å². The molecular weight excluding hydrogens is 421 g/mol. The summed E-state index contributed by atoms with van der Waals surface area (Å²) in [7, 11) is 0. The van der Waals surface area contributed by atoms with Gasteiger partial charge in [-0.05, 0) is 40.8 Å². The Bertz CT molecular complexity index is 1460. The fourth-order valence-corrected chi connectivity index (χ4v) is 3.59. The third-order valence-electron chi connectivity index (χ3n) is 4.76. The summed E-state index contributed by atoms with van der Waals surface area (Å²) < 4.78 is 43.3. The van der Waals surface area contributed by atoms with Crippen molar-refractivity contribution in [2.45, 2.75) is 13.3 Å². The van der Waals surface area contributed by atoms with Crippen LogP contribution < -0.4 is 0 Å². The van der Waals surface area contributed by atoms with E-state index in [9.17, 15) is 29.0 Å². The average Bonchev–Trinajstić information content (AvgIpc) is 3.18. The minimum atomic E-state index is -5.21. The summed E-state index contributed by atoms with van der Waals surface area (Å²) in [6.07, 6.45) is -5.21. The Morgan fingerprint density at radius 1 is 0.906 bits per heavy atom. The highest BCUT2D eigenvalue weighted by Gasteiger charge is 2.41. The molecule has 0 saturated heterocycles. The van der Waals surface area contributed by atoms with Crippen LogP contribution >= 0.6 is 0 Å². The fraction of sp³-hybridized carbons (Fsp3) is 0.0909. The third-order valence-corrected chi connectivity index (χ3v) is 4.76. The standard InChI is InChI=1S/C22H5F3N6O/c1-10-18(16(8-27)29-2)13-5-11-12(6-14(13)20(10)31-4)19(17(9-28)30-3)21(15(11)7-26)32-22(23,24)25/h5-6H,1H3/b18-16+,19-17+. The molecule has 0 aliphatic heterocycles. The predicted molar refractivity (Wildman–Crippen MR) is 104 cm³/mol. The summed E-state index contributed by atoms with van der Waals surface area (Å²) in [5, 5.41) is 28.2. The quantitative estimate of drug-likeness (QED) is 0.441. The topological polar surface area (TPSA) is 93.7 Å². The Labute approximate surface area is 179 Å². The Morgan fingerprint density at radius 2 is 1.44 bits per heavy atom. The molecule has 1 aromatic carbocycles. The van der Waals surface area contributed by atoms with Crippen LogP contribution in [0.5, 0.6) is 0 Å². The number of allylic oxidation sites excluding steroid dienone is 6. The van der Waals surface area contributed by atoms with E-state index in [1.807, 2.05) is 0 Å². The molecule has 3 rings (SSSR count). The van der Waals surface area contributed by atoms with Gasteiger partial charge in [-0.25, -0.2) is 25.1 Å². The molecule has 0 unspecified atom stereocenters. The van der Waals surface area contributed by atoms with Crippen molar-refractivity contribution in [2.24, 2.45) is 0 Å². The van der Waals surface area contributed by atoms with Crippen LogP contribution in [0.25, 0.3) is 37.0 Å². The monoisotopic (exact) mass is 426 g/mol. The van der Waals surface area contributed by atoms with E-state index in [1.54, 1.807) is 12.1 Å². The minimum Gasteiger partial charge on any atom is -0.405 e. The van der Waals surface area contributed by atoms with E-state index in [0.717, 1.165) is 0 Å². The normalized spacial score (nSPS) is 17.1. The predicted octanol–water partition coefficient (Wildman–Crippen LogP) is 5.44. The first-order valence-electron chi connectivity index (χ1n) is 8.39. The van der Waals surface area contributed by atoms with Crippen molar-refractivity contribution >= 4 is 22.4 Å². The number of halogens is 3. The molecule has 32 heavy (non-hydrogen) atoms. The Kier molecular flexibility index (Phi) is 5.03. The molecule has 0 fully saturated rings. The van der Waals surface area contributed by atoms with E-state index in [-0.39, 0.29) is 39.2 Å². The molecule has 2 aliphatic rings. The molecule has 0 bridgehead atoms. The van der Waals surface area contributed by atoms with E-state index < -0.39 is 29.0 Å². The molecule has 0 N–H and O–H groups in total. The van der Waals surface area contributed by atoms with Crippen molar-refractivity contribution in [2.75, 3.05) is 0 Å². The number of nitriles is 3. The highest BCUT2D eigenvalue weighted by molar-refractivity contribution is 6.10. The van der Waals surface area contributed by atoms with Crippen LogP contribution in [0.3, 0.4) is 0 Å². The lowest BCUT2D eigenvalue weighted by atomic mass is 9.94. The summed E-state index contributed by atoms with van der Waals surface area (Å²) in [6, 6.07) is 7.41. The SMILES string of the molecule is [C-]#[N+]C1=C(C)/C(=C(/C#N)[N+]#[C-])c2cc3c(cc21)/C(=C(/C#N)[N+]#[C-])C(OC(F)(F)F)=C3C#N. The maximum atomic E-state index is 13.1. The number of rotatable bonds is 1. The van der Waals surface area contributed by atoms with Crippen LogP contribution in [0.4, 0.5) is 13.2 Å². The second-order valence-corrected chi connectivity index (χ2v) is 6.29. The van der Waals surface area contributed by atoms with Gasteiger partial charge in [0.1, 0.15) is 17.4 Å². The van der Waals surface area contributed by atoms with Gasteiger partial charge in [0.25, 0.3) is 11.4 Å². The van der Waals surface area contributed by atoms with Crippen LogP contribution in [-0.4, -0.2) is 6.36 Å². The number of fused-ring (bicyclic) bond motifs is 2. The van der Waals surface area contributed by atoms with Gasteiger partial charge in [-0.3, -0.25) is 0 Å². The lowest BCUT2D eigenvalue weighted by Gasteiger charge is -2.13. The van der Waals surface area contributed by atoms with Gasteiger partial charge in [0.05, 0.1) is 31.9 Å². The molecule has 0 radical (unpaired) electrons. The summed E-state index contributed by atoms with van der Waals surface area (Å²) in [5.74, 6) is -0.993. The average molecular weight is 426 g/mol. The molecule has 0 heterocycles. The zero-order valence-corrected chi connectivity index (χ0v) is 15.9. The number of benzene rings is 1. The van der Waals surface area contributed by atoms with E-state index in [4.69, 9.17) is 19.7 Å². The molecule has 10 heteroatoms. The highest BCUT2D eigenvalue weighted by Crippen LogP contribution is 2.51. The van der Waals surface area contributed by atoms with Gasteiger partial charge in [-0.2, -0.15) is 5.26 Å². The summed E-state index contributed by atoms with van der Waals surface area (Å²) in [4.78, 5) is 9.54. The van der Waals surface area contributed by atoms with Gasteiger partial charge in [0.2, 0.25) is 0 Å². The van der Waals surface area contributed by atoms with Gasteiger partial charge in [0, 0.05) is 11.1 Å². The Morgan fingerprint density at radius 3 is 1.91 bits per heavy atom. The first kappa shape index (κ1) is 21.4. The number of nitrogens with zero attached hydrogens (tertiary/aromatic N) is 6. The van der Waals surface area contributed by atoms with Crippen LogP contribution in [0.2, 0.25) is 0 Å². The molecule has 2 aliphatic carbocycles. The molecule has 7 nitrogen and oxygen atoms in total. The van der Waals surface area contributed by atoms with Gasteiger partial charge in [-0.1, -0.05) is 6.07 Å². The maximum Gasteiger partial charge on any atom is 0.573 e. The number of ether oxygens (including phenoxy) is 1. The van der Waals surface area contributed by atoms with Crippen molar-refractivity contribution in [3.05, 3.63) is 91.4 Å². The van der Waals surface area contributed by atoms with Crippen molar-refractivity contribution in [3.8, 4) is 18.2 Å². The first-order valence-corrected chi connectivity index (χ1v) is 8.39. The number of hydrogen-bond donors (Lipinski definition) is 0. The van der Waals surface area contributed by atoms with Gasteiger partial charge in [0.15, 0.2) is 5.70 Å². The van der Waals surface area contributed by atoms with E-state index >= 15 is 0 Å². The number of hydrogen-bond acceptors (Lipinski definition) is 4. The second-order valence-electron chi connectivity index (χ2n) is 6.29. The fourth-order valence-electron chi connectivity index (χ4n) is 3.59. The maximum absolute atomic E-state index is 13.1. The molecule has 1 aromatic rings. The summed E-state index contributed by atoms with van der Waals surface area (Å²) >= 11 is 0. The lowest BCUT2D eigenvalue weighted by molar-refractivity contribution is -0.302. The summed E-state index contributed by atoms with van der Waals surface area (Å²) in [6.45, 7) is 23.4. The zero-order chi connectivity index (χ0) is 23.8. The number of alkyl halides is 3. The van der Waals surface area contributed by atoms with E-state index in [1.165, 1.54) is 25.1 Å². The van der Waals surface area contributed by atoms with Crippen LogP contribution in [0, 0.1) is 53.7 Å². The van der Waals surface area contributed by atoms with Crippen LogP contribution in [-0.2, 0) is 4.74 Å². The smallest absolute Gasteiger partial charge is 0.405 e. The molecule has 0 saturated carbocycles. The van der Waals surface area contributed by atoms with Gasteiger partial charge in [-0.15, -0.1) is 13.2 Å². The highest BCUT2D eigenvalue weighted by atomic mass is 19.4. The van der Waals surface area contributed by atoms with Crippen molar-refractivity contribution < 1.29 is 17.9 Å². The Balaban J connectivity index is 2.51. The molecule has 0 spiro atoms.